The van der Waals surface area contributed by atoms with Crippen molar-refractivity contribution in [2.45, 2.75) is 25.2 Å². The van der Waals surface area contributed by atoms with Crippen LogP contribution in [0.1, 0.15) is 24.0 Å². The normalized spacial score (nSPS) is 19.3. The maximum Gasteiger partial charge on any atom is 0.314 e. The van der Waals surface area contributed by atoms with Crippen LogP contribution in [0.5, 0.6) is 0 Å². The standard InChI is InChI=1S/C12H15NO3/c1-9-8-13-5-2-10(9)12(11(14)15)3-6-16-7-4-12/h2,5,8H,3-4,6-7H2,1H3,(H,14,15). The summed E-state index contributed by atoms with van der Waals surface area (Å²) in [6.07, 6.45) is 4.44. The first-order chi connectivity index (χ1) is 7.67. The van der Waals surface area contributed by atoms with Gasteiger partial charge in [-0.1, -0.05) is 0 Å². The van der Waals surface area contributed by atoms with Crippen molar-refractivity contribution in [2.75, 3.05) is 13.2 Å². The number of aliphatic carboxylic acids is 1. The Hall–Kier alpha value is -1.42. The first kappa shape index (κ1) is 11.1. The SMILES string of the molecule is Cc1cnccc1C1(C(=O)O)CCOCC1. The smallest absolute Gasteiger partial charge is 0.314 e. The van der Waals surface area contributed by atoms with E-state index >= 15 is 0 Å². The van der Waals surface area contributed by atoms with Gasteiger partial charge < -0.3 is 9.84 Å². The largest absolute Gasteiger partial charge is 0.481 e. The van der Waals surface area contributed by atoms with Crippen molar-refractivity contribution in [3.05, 3.63) is 29.6 Å². The van der Waals surface area contributed by atoms with Crippen LogP contribution in [-0.2, 0) is 14.9 Å². The van der Waals surface area contributed by atoms with Crippen molar-refractivity contribution in [1.29, 1.82) is 0 Å². The number of ether oxygens (including phenoxy) is 1. The fourth-order valence-electron chi connectivity index (χ4n) is 2.33. The summed E-state index contributed by atoms with van der Waals surface area (Å²) in [5, 5.41) is 9.49. The molecule has 0 radical (unpaired) electrons. The molecule has 1 aromatic heterocycles. The zero-order chi connectivity index (χ0) is 11.6. The van der Waals surface area contributed by atoms with Crippen molar-refractivity contribution >= 4 is 5.97 Å². The number of nitrogens with zero attached hydrogens (tertiary/aromatic N) is 1. The van der Waals surface area contributed by atoms with E-state index in [0.29, 0.717) is 26.1 Å². The van der Waals surface area contributed by atoms with E-state index in [2.05, 4.69) is 4.98 Å². The summed E-state index contributed by atoms with van der Waals surface area (Å²) >= 11 is 0. The van der Waals surface area contributed by atoms with E-state index in [-0.39, 0.29) is 0 Å². The lowest BCUT2D eigenvalue weighted by molar-refractivity contribution is -0.147. The second-order valence-electron chi connectivity index (χ2n) is 4.19. The van der Waals surface area contributed by atoms with Crippen LogP contribution in [-0.4, -0.2) is 29.3 Å². The first-order valence-electron chi connectivity index (χ1n) is 5.39. The topological polar surface area (TPSA) is 59.4 Å². The number of hydrogen-bond acceptors (Lipinski definition) is 3. The number of carbonyl (C=O) groups is 1. The second-order valence-corrected chi connectivity index (χ2v) is 4.19. The molecule has 0 aliphatic carbocycles. The molecule has 0 spiro atoms. The molecule has 1 fully saturated rings. The molecular weight excluding hydrogens is 206 g/mol. The van der Waals surface area contributed by atoms with Gasteiger partial charge in [-0.15, -0.1) is 0 Å². The van der Waals surface area contributed by atoms with Gasteiger partial charge in [-0.2, -0.15) is 0 Å². The van der Waals surface area contributed by atoms with E-state index in [1.807, 2.05) is 13.0 Å². The molecule has 4 nitrogen and oxygen atoms in total. The van der Waals surface area contributed by atoms with Crippen LogP contribution in [0.2, 0.25) is 0 Å². The monoisotopic (exact) mass is 221 g/mol. The molecule has 1 aliphatic rings. The molecule has 0 amide bonds. The maximum absolute atomic E-state index is 11.6. The Morgan fingerprint density at radius 2 is 2.19 bits per heavy atom. The summed E-state index contributed by atoms with van der Waals surface area (Å²) in [6, 6.07) is 1.81. The van der Waals surface area contributed by atoms with Crippen LogP contribution in [0, 0.1) is 6.92 Å². The lowest BCUT2D eigenvalue weighted by Gasteiger charge is -2.34. The average molecular weight is 221 g/mol. The molecule has 86 valence electrons. The van der Waals surface area contributed by atoms with Crippen LogP contribution in [0.4, 0.5) is 0 Å². The van der Waals surface area contributed by atoms with Crippen LogP contribution < -0.4 is 0 Å². The Morgan fingerprint density at radius 3 is 2.75 bits per heavy atom. The van der Waals surface area contributed by atoms with E-state index in [9.17, 15) is 9.90 Å². The molecule has 0 saturated carbocycles. The highest BCUT2D eigenvalue weighted by atomic mass is 16.5. The van der Waals surface area contributed by atoms with E-state index in [0.717, 1.165) is 11.1 Å². The minimum atomic E-state index is -0.786. The molecule has 2 rings (SSSR count). The fourth-order valence-corrected chi connectivity index (χ4v) is 2.33. The van der Waals surface area contributed by atoms with Crippen LogP contribution in [0.3, 0.4) is 0 Å². The third kappa shape index (κ3) is 1.69. The second kappa shape index (κ2) is 4.22. The van der Waals surface area contributed by atoms with Gasteiger partial charge in [0.05, 0.1) is 5.41 Å². The molecule has 1 N–H and O–H groups in total. The lowest BCUT2D eigenvalue weighted by Crippen LogP contribution is -2.41. The highest BCUT2D eigenvalue weighted by molar-refractivity contribution is 5.82. The summed E-state index contributed by atoms with van der Waals surface area (Å²) in [4.78, 5) is 15.6. The third-order valence-corrected chi connectivity index (χ3v) is 3.29. The third-order valence-electron chi connectivity index (χ3n) is 3.29. The van der Waals surface area contributed by atoms with E-state index in [4.69, 9.17) is 4.74 Å². The predicted molar refractivity (Wildman–Crippen MR) is 58.3 cm³/mol. The fraction of sp³-hybridized carbons (Fsp3) is 0.500. The molecule has 16 heavy (non-hydrogen) atoms. The number of pyridine rings is 1. The molecule has 1 aromatic rings. The zero-order valence-corrected chi connectivity index (χ0v) is 9.27. The first-order valence-corrected chi connectivity index (χ1v) is 5.39. The highest BCUT2D eigenvalue weighted by Gasteiger charge is 2.42. The van der Waals surface area contributed by atoms with Gasteiger partial charge in [0.1, 0.15) is 0 Å². The van der Waals surface area contributed by atoms with Gasteiger partial charge in [0.15, 0.2) is 0 Å². The molecule has 1 saturated heterocycles. The van der Waals surface area contributed by atoms with Crippen molar-refractivity contribution in [1.82, 2.24) is 4.98 Å². The van der Waals surface area contributed by atoms with E-state index in [1.165, 1.54) is 0 Å². The Bertz CT molecular complexity index is 397. The van der Waals surface area contributed by atoms with Crippen LogP contribution >= 0.6 is 0 Å². The van der Waals surface area contributed by atoms with Gasteiger partial charge in [-0.25, -0.2) is 0 Å². The number of aromatic nitrogens is 1. The minimum Gasteiger partial charge on any atom is -0.481 e. The molecule has 0 unspecified atom stereocenters. The molecule has 0 aromatic carbocycles. The highest BCUT2D eigenvalue weighted by Crippen LogP contribution is 2.36. The van der Waals surface area contributed by atoms with E-state index in [1.54, 1.807) is 12.4 Å². The van der Waals surface area contributed by atoms with Crippen LogP contribution in [0.25, 0.3) is 0 Å². The molecule has 4 heteroatoms. The van der Waals surface area contributed by atoms with Crippen molar-refractivity contribution in [2.24, 2.45) is 0 Å². The van der Waals surface area contributed by atoms with Crippen molar-refractivity contribution in [3.63, 3.8) is 0 Å². The lowest BCUT2D eigenvalue weighted by atomic mass is 9.73. The zero-order valence-electron chi connectivity index (χ0n) is 9.27. The van der Waals surface area contributed by atoms with Gasteiger partial charge in [-0.05, 0) is 37.0 Å². The molecular formula is C12H15NO3. The predicted octanol–water partition coefficient (Wildman–Crippen LogP) is 1.52. The number of rotatable bonds is 2. The Morgan fingerprint density at radius 1 is 1.50 bits per heavy atom. The van der Waals surface area contributed by atoms with Crippen molar-refractivity contribution < 1.29 is 14.6 Å². The minimum absolute atomic E-state index is 0.508. The van der Waals surface area contributed by atoms with Gasteiger partial charge in [-0.3, -0.25) is 9.78 Å². The molecule has 0 atom stereocenters. The summed E-state index contributed by atoms with van der Waals surface area (Å²) in [5.41, 5.74) is 1.02. The molecule has 2 heterocycles. The summed E-state index contributed by atoms with van der Waals surface area (Å²) < 4.78 is 5.26. The number of carboxylic acid groups (broad SMARTS) is 1. The van der Waals surface area contributed by atoms with E-state index < -0.39 is 11.4 Å². The Balaban J connectivity index is 2.47. The molecule has 0 bridgehead atoms. The summed E-state index contributed by atoms with van der Waals surface area (Å²) in [6.45, 7) is 2.92. The van der Waals surface area contributed by atoms with Crippen molar-refractivity contribution in [3.8, 4) is 0 Å². The van der Waals surface area contributed by atoms with Gasteiger partial charge >= 0.3 is 5.97 Å². The van der Waals surface area contributed by atoms with Crippen LogP contribution in [0.15, 0.2) is 18.5 Å². The van der Waals surface area contributed by atoms with Gasteiger partial charge in [0.2, 0.25) is 0 Å². The average Bonchev–Trinajstić information content (AvgIpc) is 2.30. The quantitative estimate of drug-likeness (QED) is 0.822. The Kier molecular flexibility index (Phi) is 2.92. The molecule has 1 aliphatic heterocycles. The number of hydrogen-bond donors (Lipinski definition) is 1. The van der Waals surface area contributed by atoms with Gasteiger partial charge in [0.25, 0.3) is 0 Å². The summed E-state index contributed by atoms with van der Waals surface area (Å²) in [7, 11) is 0. The van der Waals surface area contributed by atoms with Gasteiger partial charge in [0, 0.05) is 25.6 Å². The number of carboxylic acids is 1. The maximum atomic E-state index is 11.6. The number of aryl methyl sites for hydroxylation is 1. The summed E-state index contributed by atoms with van der Waals surface area (Å²) in [5.74, 6) is -0.759. The Labute approximate surface area is 94.3 Å².